The minimum atomic E-state index is 0.799. The summed E-state index contributed by atoms with van der Waals surface area (Å²) < 4.78 is 7.95. The number of hydrogen-bond donors (Lipinski definition) is 1. The average molecular weight is 352 g/mol. The SMILES string of the molecule is c1cnc2c(N3CCNCC3)cn(Sc3ccc4c(c3)OCC4)c2c1. The highest BCUT2D eigenvalue weighted by molar-refractivity contribution is 7.98. The summed E-state index contributed by atoms with van der Waals surface area (Å²) in [5.74, 6) is 1.03. The molecule has 2 aromatic heterocycles. The van der Waals surface area contributed by atoms with Gasteiger partial charge in [-0.3, -0.25) is 8.96 Å². The van der Waals surface area contributed by atoms with E-state index in [0.29, 0.717) is 0 Å². The molecule has 1 saturated heterocycles. The van der Waals surface area contributed by atoms with Crippen molar-refractivity contribution in [2.75, 3.05) is 37.7 Å². The summed E-state index contributed by atoms with van der Waals surface area (Å²) in [5, 5.41) is 3.42. The number of nitrogens with one attached hydrogen (secondary N) is 1. The van der Waals surface area contributed by atoms with Crippen LogP contribution < -0.4 is 15.0 Å². The number of benzene rings is 1. The lowest BCUT2D eigenvalue weighted by atomic mass is 10.2. The number of anilines is 1. The molecule has 6 heteroatoms. The Hall–Kier alpha value is -2.18. The highest BCUT2D eigenvalue weighted by Gasteiger charge is 2.19. The fourth-order valence-corrected chi connectivity index (χ4v) is 4.46. The molecule has 0 amide bonds. The molecule has 0 saturated carbocycles. The van der Waals surface area contributed by atoms with E-state index >= 15 is 0 Å². The van der Waals surface area contributed by atoms with Gasteiger partial charge in [0, 0.05) is 49.9 Å². The maximum Gasteiger partial charge on any atom is 0.123 e. The van der Waals surface area contributed by atoms with Gasteiger partial charge in [0.15, 0.2) is 0 Å². The molecule has 25 heavy (non-hydrogen) atoms. The third-order valence-corrected chi connectivity index (χ3v) is 5.80. The van der Waals surface area contributed by atoms with Gasteiger partial charge in [-0.25, -0.2) is 0 Å². The molecule has 0 radical (unpaired) electrons. The van der Waals surface area contributed by atoms with Gasteiger partial charge in [0.25, 0.3) is 0 Å². The normalized spacial score (nSPS) is 16.9. The molecule has 0 unspecified atom stereocenters. The second kappa shape index (κ2) is 6.28. The van der Waals surface area contributed by atoms with Crippen LogP contribution >= 0.6 is 11.9 Å². The summed E-state index contributed by atoms with van der Waals surface area (Å²) in [6.45, 7) is 4.89. The zero-order valence-corrected chi connectivity index (χ0v) is 14.8. The minimum Gasteiger partial charge on any atom is -0.493 e. The lowest BCUT2D eigenvalue weighted by molar-refractivity contribution is 0.356. The second-order valence-electron chi connectivity index (χ2n) is 6.41. The number of fused-ring (bicyclic) bond motifs is 2. The molecule has 0 spiro atoms. The summed E-state index contributed by atoms with van der Waals surface area (Å²) in [5.41, 5.74) is 4.77. The van der Waals surface area contributed by atoms with Gasteiger partial charge >= 0.3 is 0 Å². The highest BCUT2D eigenvalue weighted by atomic mass is 32.2. The topological polar surface area (TPSA) is 42.3 Å². The van der Waals surface area contributed by atoms with Gasteiger partial charge < -0.3 is 15.0 Å². The van der Waals surface area contributed by atoms with Crippen LogP contribution in [0, 0.1) is 0 Å². The number of aromatic nitrogens is 2. The molecule has 5 nitrogen and oxygen atoms in total. The molecule has 1 fully saturated rings. The molecular weight excluding hydrogens is 332 g/mol. The van der Waals surface area contributed by atoms with E-state index in [-0.39, 0.29) is 0 Å². The Balaban J connectivity index is 1.52. The maximum absolute atomic E-state index is 5.71. The molecule has 1 aromatic carbocycles. The van der Waals surface area contributed by atoms with Crippen LogP contribution in [0.2, 0.25) is 0 Å². The third kappa shape index (κ3) is 2.75. The monoisotopic (exact) mass is 352 g/mol. The Morgan fingerprint density at radius 3 is 3.00 bits per heavy atom. The van der Waals surface area contributed by atoms with E-state index < -0.39 is 0 Å². The summed E-state index contributed by atoms with van der Waals surface area (Å²) in [4.78, 5) is 8.27. The first kappa shape index (κ1) is 15.1. The van der Waals surface area contributed by atoms with E-state index in [0.717, 1.165) is 56.0 Å². The Morgan fingerprint density at radius 2 is 2.08 bits per heavy atom. The Morgan fingerprint density at radius 1 is 1.16 bits per heavy atom. The van der Waals surface area contributed by atoms with Gasteiger partial charge in [0.1, 0.15) is 11.3 Å². The molecule has 5 rings (SSSR count). The van der Waals surface area contributed by atoms with E-state index in [2.05, 4.69) is 49.6 Å². The van der Waals surface area contributed by atoms with Crippen molar-refractivity contribution in [3.05, 3.63) is 48.3 Å². The third-order valence-electron chi connectivity index (χ3n) is 4.84. The summed E-state index contributed by atoms with van der Waals surface area (Å²) in [6.07, 6.45) is 5.12. The number of rotatable bonds is 3. The van der Waals surface area contributed by atoms with Crippen molar-refractivity contribution >= 4 is 28.7 Å². The summed E-state index contributed by atoms with van der Waals surface area (Å²) in [6, 6.07) is 10.7. The number of ether oxygens (including phenoxy) is 1. The molecule has 2 aliphatic rings. The van der Waals surface area contributed by atoms with Crippen molar-refractivity contribution in [1.29, 1.82) is 0 Å². The largest absolute Gasteiger partial charge is 0.493 e. The standard InChI is InChI=1S/C19H20N4OS/c1-2-16-19(21-6-1)17(22-9-7-20-8-10-22)13-23(16)25-15-4-3-14-5-11-24-18(14)12-15/h1-4,6,12-13,20H,5,7-11H2. The zero-order valence-electron chi connectivity index (χ0n) is 13.9. The fraction of sp³-hybridized carbons (Fsp3) is 0.316. The lowest BCUT2D eigenvalue weighted by Gasteiger charge is -2.28. The minimum absolute atomic E-state index is 0.799. The molecule has 128 valence electrons. The molecule has 4 heterocycles. The molecule has 0 bridgehead atoms. The zero-order chi connectivity index (χ0) is 16.6. The van der Waals surface area contributed by atoms with Crippen LogP contribution in [0.3, 0.4) is 0 Å². The lowest BCUT2D eigenvalue weighted by Crippen LogP contribution is -2.43. The van der Waals surface area contributed by atoms with Crippen LogP contribution in [0.4, 0.5) is 5.69 Å². The first-order valence-corrected chi connectivity index (χ1v) is 9.52. The Bertz CT molecular complexity index is 917. The van der Waals surface area contributed by atoms with Crippen molar-refractivity contribution in [2.24, 2.45) is 0 Å². The van der Waals surface area contributed by atoms with Gasteiger partial charge in [0.05, 0.1) is 17.8 Å². The van der Waals surface area contributed by atoms with Crippen molar-refractivity contribution < 1.29 is 4.74 Å². The fourth-order valence-electron chi connectivity index (χ4n) is 3.54. The van der Waals surface area contributed by atoms with Crippen LogP contribution in [0.5, 0.6) is 5.75 Å². The van der Waals surface area contributed by atoms with Gasteiger partial charge in [-0.15, -0.1) is 0 Å². The van der Waals surface area contributed by atoms with Crippen molar-refractivity contribution in [2.45, 2.75) is 11.3 Å². The van der Waals surface area contributed by atoms with Crippen LogP contribution in [0.15, 0.2) is 47.6 Å². The molecule has 2 aliphatic heterocycles. The van der Waals surface area contributed by atoms with Gasteiger partial charge in [0.2, 0.25) is 0 Å². The number of piperazine rings is 1. The second-order valence-corrected chi connectivity index (χ2v) is 7.45. The predicted molar refractivity (Wildman–Crippen MR) is 102 cm³/mol. The van der Waals surface area contributed by atoms with E-state index in [1.54, 1.807) is 11.9 Å². The predicted octanol–water partition coefficient (Wildman–Crippen LogP) is 2.94. The summed E-state index contributed by atoms with van der Waals surface area (Å²) in [7, 11) is 0. The van der Waals surface area contributed by atoms with E-state index in [4.69, 9.17) is 4.74 Å². The number of hydrogen-bond acceptors (Lipinski definition) is 5. The number of nitrogens with zero attached hydrogens (tertiary/aromatic N) is 3. The van der Waals surface area contributed by atoms with Gasteiger partial charge in [-0.05, 0) is 41.8 Å². The van der Waals surface area contributed by atoms with E-state index in [1.807, 2.05) is 12.3 Å². The van der Waals surface area contributed by atoms with Crippen molar-refractivity contribution in [1.82, 2.24) is 14.3 Å². The smallest absolute Gasteiger partial charge is 0.123 e. The molecule has 1 N–H and O–H groups in total. The molecular formula is C19H20N4OS. The van der Waals surface area contributed by atoms with E-state index in [1.165, 1.54) is 16.1 Å². The first-order chi connectivity index (χ1) is 12.4. The van der Waals surface area contributed by atoms with Crippen molar-refractivity contribution in [3.63, 3.8) is 0 Å². The van der Waals surface area contributed by atoms with E-state index in [9.17, 15) is 0 Å². The van der Waals surface area contributed by atoms with Crippen LogP contribution in [-0.2, 0) is 6.42 Å². The number of pyridine rings is 1. The molecule has 3 aromatic rings. The maximum atomic E-state index is 5.71. The quantitative estimate of drug-likeness (QED) is 0.785. The Labute approximate surface area is 151 Å². The Kier molecular flexibility index (Phi) is 3.79. The highest BCUT2D eigenvalue weighted by Crippen LogP contribution is 2.36. The summed E-state index contributed by atoms with van der Waals surface area (Å²) >= 11 is 1.72. The average Bonchev–Trinajstić information content (AvgIpc) is 3.27. The van der Waals surface area contributed by atoms with Crippen LogP contribution in [0.25, 0.3) is 11.0 Å². The molecule has 0 aliphatic carbocycles. The van der Waals surface area contributed by atoms with Crippen LogP contribution in [0.1, 0.15) is 5.56 Å². The van der Waals surface area contributed by atoms with Gasteiger partial charge in [-0.2, -0.15) is 0 Å². The van der Waals surface area contributed by atoms with Crippen LogP contribution in [-0.4, -0.2) is 41.7 Å². The first-order valence-electron chi connectivity index (χ1n) is 8.74. The van der Waals surface area contributed by atoms with Gasteiger partial charge in [-0.1, -0.05) is 6.07 Å². The van der Waals surface area contributed by atoms with Crippen molar-refractivity contribution in [3.8, 4) is 5.75 Å². The molecule has 0 atom stereocenters.